The van der Waals surface area contributed by atoms with Crippen molar-refractivity contribution < 1.29 is 24.2 Å². The molecule has 2 aromatic rings. The van der Waals surface area contributed by atoms with Crippen molar-refractivity contribution in [3.63, 3.8) is 0 Å². The molecule has 0 aliphatic carbocycles. The number of rotatable bonds is 7. The van der Waals surface area contributed by atoms with Gasteiger partial charge in [-0.25, -0.2) is 0 Å². The summed E-state index contributed by atoms with van der Waals surface area (Å²) in [6, 6.07) is 11.8. The first-order chi connectivity index (χ1) is 13.3. The van der Waals surface area contributed by atoms with E-state index in [-0.39, 0.29) is 12.1 Å². The molecule has 0 saturated heterocycles. The van der Waals surface area contributed by atoms with E-state index in [0.29, 0.717) is 22.7 Å². The third kappa shape index (κ3) is 3.27. The Morgan fingerprint density at radius 2 is 1.89 bits per heavy atom. The molecule has 0 spiro atoms. The van der Waals surface area contributed by atoms with Gasteiger partial charge in [0.25, 0.3) is 5.91 Å². The molecule has 1 aliphatic heterocycles. The van der Waals surface area contributed by atoms with Gasteiger partial charge in [-0.05, 0) is 25.1 Å². The van der Waals surface area contributed by atoms with Crippen molar-refractivity contribution in [2.24, 2.45) is 0 Å². The lowest BCUT2D eigenvalue weighted by Crippen LogP contribution is -2.42. The van der Waals surface area contributed by atoms with Crippen LogP contribution in [0.1, 0.15) is 29.3 Å². The molecule has 0 radical (unpaired) electrons. The summed E-state index contributed by atoms with van der Waals surface area (Å²) in [7, 11) is 2.97. The number of carbonyl (C=O) groups is 2. The van der Waals surface area contributed by atoms with Crippen LogP contribution < -0.4 is 14.4 Å². The molecule has 1 amide bonds. The van der Waals surface area contributed by atoms with Gasteiger partial charge in [-0.1, -0.05) is 30.4 Å². The summed E-state index contributed by atoms with van der Waals surface area (Å²) in [6.45, 7) is 5.93. The predicted molar refractivity (Wildman–Crippen MR) is 106 cm³/mol. The lowest BCUT2D eigenvalue weighted by molar-refractivity contribution is -0.135. The topological polar surface area (TPSA) is 76.1 Å². The SMILES string of the molecule is C=C(C)CN1C(=O)[C@](O)(CC(=O)c2ccc(OC)cc2OC)c2ccccc21. The van der Waals surface area contributed by atoms with Crippen molar-refractivity contribution in [3.05, 3.63) is 65.7 Å². The van der Waals surface area contributed by atoms with Crippen molar-refractivity contribution in [1.29, 1.82) is 0 Å². The fourth-order valence-corrected chi connectivity index (χ4v) is 3.46. The van der Waals surface area contributed by atoms with Crippen LogP contribution >= 0.6 is 0 Å². The maximum atomic E-state index is 13.1. The van der Waals surface area contributed by atoms with Crippen molar-refractivity contribution in [3.8, 4) is 11.5 Å². The Morgan fingerprint density at radius 1 is 1.18 bits per heavy atom. The quantitative estimate of drug-likeness (QED) is 0.589. The van der Waals surface area contributed by atoms with Crippen molar-refractivity contribution >= 4 is 17.4 Å². The Kier molecular flexibility index (Phi) is 5.25. The van der Waals surface area contributed by atoms with E-state index < -0.39 is 23.7 Å². The van der Waals surface area contributed by atoms with Gasteiger partial charge in [0, 0.05) is 18.2 Å². The highest BCUT2D eigenvalue weighted by molar-refractivity contribution is 6.11. The molecule has 3 rings (SSSR count). The Labute approximate surface area is 164 Å². The van der Waals surface area contributed by atoms with Gasteiger partial charge in [0.15, 0.2) is 11.4 Å². The third-order valence-corrected chi connectivity index (χ3v) is 4.79. The molecule has 1 N–H and O–H groups in total. The number of benzene rings is 2. The zero-order valence-electron chi connectivity index (χ0n) is 16.2. The maximum Gasteiger partial charge on any atom is 0.264 e. The Balaban J connectivity index is 1.98. The minimum absolute atomic E-state index is 0.276. The summed E-state index contributed by atoms with van der Waals surface area (Å²) in [5.74, 6) is -0.0626. The van der Waals surface area contributed by atoms with E-state index >= 15 is 0 Å². The van der Waals surface area contributed by atoms with E-state index in [0.717, 1.165) is 5.57 Å². The molecule has 6 nitrogen and oxygen atoms in total. The van der Waals surface area contributed by atoms with Crippen LogP contribution in [-0.4, -0.2) is 37.6 Å². The van der Waals surface area contributed by atoms with E-state index in [4.69, 9.17) is 9.47 Å². The number of aliphatic hydroxyl groups is 1. The molecule has 1 atom stereocenters. The van der Waals surface area contributed by atoms with Crippen LogP contribution in [0, 0.1) is 0 Å². The van der Waals surface area contributed by atoms with Gasteiger partial charge < -0.3 is 19.5 Å². The molecule has 0 unspecified atom stereocenters. The second kappa shape index (κ2) is 7.48. The molecule has 0 bridgehead atoms. The molecule has 6 heteroatoms. The fraction of sp³-hybridized carbons (Fsp3) is 0.273. The molecular weight excluding hydrogens is 358 g/mol. The zero-order valence-corrected chi connectivity index (χ0v) is 16.2. The largest absolute Gasteiger partial charge is 0.497 e. The minimum Gasteiger partial charge on any atom is -0.497 e. The molecular formula is C22H23NO5. The van der Waals surface area contributed by atoms with Crippen molar-refractivity contribution in [2.45, 2.75) is 18.9 Å². The lowest BCUT2D eigenvalue weighted by atomic mass is 9.88. The zero-order chi connectivity index (χ0) is 20.5. The van der Waals surface area contributed by atoms with Gasteiger partial charge in [-0.2, -0.15) is 0 Å². The first kappa shape index (κ1) is 19.6. The predicted octanol–water partition coefficient (Wildman–Crippen LogP) is 3.09. The molecule has 146 valence electrons. The highest BCUT2D eigenvalue weighted by Crippen LogP contribution is 2.43. The standard InChI is InChI=1S/C22H23NO5/c1-14(2)13-23-18-8-6-5-7-17(18)22(26,21(23)25)12-19(24)16-10-9-15(27-3)11-20(16)28-4/h5-11,26H,1,12-13H2,2-4H3/t22-/m0/s1. The van der Waals surface area contributed by atoms with E-state index in [9.17, 15) is 14.7 Å². The molecule has 1 aliphatic rings. The molecule has 1 heterocycles. The number of anilines is 1. The van der Waals surface area contributed by atoms with Gasteiger partial charge >= 0.3 is 0 Å². The van der Waals surface area contributed by atoms with Crippen LogP contribution in [0.4, 0.5) is 5.69 Å². The molecule has 0 fully saturated rings. The van der Waals surface area contributed by atoms with E-state index in [1.165, 1.54) is 19.1 Å². The smallest absolute Gasteiger partial charge is 0.264 e. The highest BCUT2D eigenvalue weighted by Gasteiger charge is 2.50. The van der Waals surface area contributed by atoms with Crippen LogP contribution in [0.15, 0.2) is 54.6 Å². The highest BCUT2D eigenvalue weighted by atomic mass is 16.5. The van der Waals surface area contributed by atoms with Gasteiger partial charge in [0.05, 0.1) is 31.9 Å². The van der Waals surface area contributed by atoms with Crippen molar-refractivity contribution in [2.75, 3.05) is 25.7 Å². The number of carbonyl (C=O) groups excluding carboxylic acids is 2. The number of ketones is 1. The number of para-hydroxylation sites is 1. The number of nitrogens with zero attached hydrogens (tertiary/aromatic N) is 1. The average Bonchev–Trinajstić information content (AvgIpc) is 2.89. The van der Waals surface area contributed by atoms with Gasteiger partial charge in [-0.3, -0.25) is 9.59 Å². The van der Waals surface area contributed by atoms with Crippen LogP contribution in [0.2, 0.25) is 0 Å². The van der Waals surface area contributed by atoms with Crippen molar-refractivity contribution in [1.82, 2.24) is 0 Å². The van der Waals surface area contributed by atoms with E-state index in [1.54, 1.807) is 49.4 Å². The summed E-state index contributed by atoms with van der Waals surface area (Å²) in [5, 5.41) is 11.3. The molecule has 28 heavy (non-hydrogen) atoms. The van der Waals surface area contributed by atoms with Gasteiger partial charge in [0.2, 0.25) is 0 Å². The second-order valence-electron chi connectivity index (χ2n) is 6.89. The maximum absolute atomic E-state index is 13.1. The summed E-state index contributed by atoms with van der Waals surface area (Å²) in [5.41, 5.74) is 0.124. The van der Waals surface area contributed by atoms with Crippen LogP contribution in [0.5, 0.6) is 11.5 Å². The number of hydrogen-bond donors (Lipinski definition) is 1. The number of ether oxygens (including phenoxy) is 2. The third-order valence-electron chi connectivity index (χ3n) is 4.79. The van der Waals surface area contributed by atoms with Gasteiger partial charge in [0.1, 0.15) is 11.5 Å². The second-order valence-corrected chi connectivity index (χ2v) is 6.89. The average molecular weight is 381 g/mol. The molecule has 0 saturated carbocycles. The minimum atomic E-state index is -1.94. The number of Topliss-reactive ketones (excluding diaryl/α,β-unsaturated/α-hetero) is 1. The lowest BCUT2D eigenvalue weighted by Gasteiger charge is -2.23. The number of amides is 1. The monoisotopic (exact) mass is 381 g/mol. The first-order valence-electron chi connectivity index (χ1n) is 8.85. The Hall–Kier alpha value is -3.12. The van der Waals surface area contributed by atoms with Crippen LogP contribution in [0.3, 0.4) is 0 Å². The fourth-order valence-electron chi connectivity index (χ4n) is 3.46. The Bertz CT molecular complexity index is 952. The summed E-state index contributed by atoms with van der Waals surface area (Å²) in [4.78, 5) is 27.5. The molecule has 0 aromatic heterocycles. The van der Waals surface area contributed by atoms with Crippen LogP contribution in [0.25, 0.3) is 0 Å². The number of hydrogen-bond acceptors (Lipinski definition) is 5. The van der Waals surface area contributed by atoms with E-state index in [1.807, 2.05) is 0 Å². The normalized spacial score (nSPS) is 18.0. The summed E-state index contributed by atoms with van der Waals surface area (Å²) in [6.07, 6.45) is -0.391. The summed E-state index contributed by atoms with van der Waals surface area (Å²) < 4.78 is 10.4. The van der Waals surface area contributed by atoms with Gasteiger partial charge in [-0.15, -0.1) is 0 Å². The molecule has 2 aromatic carbocycles. The number of fused-ring (bicyclic) bond motifs is 1. The number of methoxy groups -OCH3 is 2. The van der Waals surface area contributed by atoms with E-state index in [2.05, 4.69) is 6.58 Å². The first-order valence-corrected chi connectivity index (χ1v) is 8.85. The summed E-state index contributed by atoms with van der Waals surface area (Å²) >= 11 is 0. The Morgan fingerprint density at radius 3 is 2.54 bits per heavy atom. The van der Waals surface area contributed by atoms with Crippen LogP contribution in [-0.2, 0) is 10.4 Å².